The zero-order chi connectivity index (χ0) is 22.8. The Kier molecular flexibility index (Phi) is 4.29. The third kappa shape index (κ3) is 3.46. The molecule has 0 saturated heterocycles. The molecule has 0 spiro atoms. The highest BCUT2D eigenvalue weighted by Gasteiger charge is 2.33. The van der Waals surface area contributed by atoms with Gasteiger partial charge in [0.25, 0.3) is 5.56 Å². The summed E-state index contributed by atoms with van der Waals surface area (Å²) in [6.07, 6.45) is 8.31. The number of aromatic nitrogens is 5. The zero-order valence-electron chi connectivity index (χ0n) is 18.8. The Morgan fingerprint density at radius 2 is 1.88 bits per heavy atom. The zero-order valence-corrected chi connectivity index (χ0v) is 18.8. The fourth-order valence-corrected chi connectivity index (χ4v) is 4.71. The van der Waals surface area contributed by atoms with E-state index in [4.69, 9.17) is 4.98 Å². The molecule has 3 aromatic heterocycles. The Morgan fingerprint density at radius 1 is 1.12 bits per heavy atom. The number of hydrogen-bond donors (Lipinski definition) is 2. The molecule has 0 amide bonds. The predicted molar refractivity (Wildman–Crippen MR) is 125 cm³/mol. The van der Waals surface area contributed by atoms with Crippen LogP contribution in [0, 0.1) is 0 Å². The lowest BCUT2D eigenvalue weighted by atomic mass is 9.82. The SMILES string of the molecule is Cn1cnc2cc(-c3cn4ccc(C5=CC(C)(C)NC(C)(C)C5)nc4n3)c(O)cc2c1=O. The van der Waals surface area contributed by atoms with E-state index in [-0.39, 0.29) is 22.4 Å². The molecule has 8 nitrogen and oxygen atoms in total. The van der Waals surface area contributed by atoms with Crippen molar-refractivity contribution >= 4 is 22.3 Å². The lowest BCUT2D eigenvalue weighted by Gasteiger charge is -2.41. The molecule has 1 aliphatic heterocycles. The summed E-state index contributed by atoms with van der Waals surface area (Å²) in [4.78, 5) is 26.1. The summed E-state index contributed by atoms with van der Waals surface area (Å²) in [5.41, 5.74) is 3.28. The van der Waals surface area contributed by atoms with E-state index in [1.54, 1.807) is 13.1 Å². The van der Waals surface area contributed by atoms with Crippen molar-refractivity contribution in [3.05, 3.63) is 59.0 Å². The van der Waals surface area contributed by atoms with Crippen LogP contribution in [0.3, 0.4) is 0 Å². The number of nitrogens with one attached hydrogen (secondary N) is 1. The summed E-state index contributed by atoms with van der Waals surface area (Å²) >= 11 is 0. The van der Waals surface area contributed by atoms with Crippen LogP contribution in [-0.4, -0.2) is 40.1 Å². The van der Waals surface area contributed by atoms with E-state index in [1.165, 1.54) is 22.5 Å². The Morgan fingerprint density at radius 3 is 2.62 bits per heavy atom. The van der Waals surface area contributed by atoms with E-state index in [0.29, 0.717) is 27.9 Å². The smallest absolute Gasteiger partial charge is 0.261 e. The number of aromatic hydroxyl groups is 1. The maximum absolute atomic E-state index is 12.3. The number of imidazole rings is 1. The van der Waals surface area contributed by atoms with Gasteiger partial charge in [-0.3, -0.25) is 9.20 Å². The Labute approximate surface area is 185 Å². The van der Waals surface area contributed by atoms with Crippen molar-refractivity contribution in [3.63, 3.8) is 0 Å². The van der Waals surface area contributed by atoms with Crippen molar-refractivity contribution < 1.29 is 5.11 Å². The topological polar surface area (TPSA) is 97.3 Å². The largest absolute Gasteiger partial charge is 0.507 e. The first-order chi connectivity index (χ1) is 15.0. The van der Waals surface area contributed by atoms with Crippen molar-refractivity contribution in [3.8, 4) is 17.0 Å². The molecule has 0 radical (unpaired) electrons. The molecular formula is C24H26N6O2. The number of fused-ring (bicyclic) bond motifs is 2. The molecule has 32 heavy (non-hydrogen) atoms. The van der Waals surface area contributed by atoms with Gasteiger partial charge in [0.2, 0.25) is 5.78 Å². The van der Waals surface area contributed by atoms with Crippen LogP contribution in [0.4, 0.5) is 0 Å². The third-order valence-corrected chi connectivity index (χ3v) is 5.79. The van der Waals surface area contributed by atoms with Gasteiger partial charge in [-0.05, 0) is 57.9 Å². The van der Waals surface area contributed by atoms with Crippen LogP contribution in [0.1, 0.15) is 39.8 Å². The fourth-order valence-electron chi connectivity index (χ4n) is 4.71. The molecule has 5 rings (SSSR count). The summed E-state index contributed by atoms with van der Waals surface area (Å²) in [7, 11) is 1.63. The average molecular weight is 431 g/mol. The monoisotopic (exact) mass is 430 g/mol. The molecule has 164 valence electrons. The van der Waals surface area contributed by atoms with E-state index >= 15 is 0 Å². The number of hydrogen-bond acceptors (Lipinski definition) is 6. The Hall–Kier alpha value is -3.52. The molecule has 1 aromatic carbocycles. The van der Waals surface area contributed by atoms with Gasteiger partial charge in [0.15, 0.2) is 0 Å². The minimum absolute atomic E-state index is 0.0178. The molecule has 2 N–H and O–H groups in total. The summed E-state index contributed by atoms with van der Waals surface area (Å²) in [5, 5.41) is 14.6. The van der Waals surface area contributed by atoms with Crippen LogP contribution in [-0.2, 0) is 7.05 Å². The first-order valence-corrected chi connectivity index (χ1v) is 10.6. The van der Waals surface area contributed by atoms with Gasteiger partial charge in [0.1, 0.15) is 5.75 Å². The molecule has 0 atom stereocenters. The average Bonchev–Trinajstić information content (AvgIpc) is 3.11. The third-order valence-electron chi connectivity index (χ3n) is 5.79. The van der Waals surface area contributed by atoms with Gasteiger partial charge in [-0.25, -0.2) is 15.0 Å². The minimum Gasteiger partial charge on any atom is -0.507 e. The van der Waals surface area contributed by atoms with Crippen LogP contribution in [0.15, 0.2) is 47.8 Å². The minimum atomic E-state index is -0.209. The van der Waals surface area contributed by atoms with Gasteiger partial charge >= 0.3 is 0 Å². The second-order valence-electron chi connectivity index (χ2n) is 9.77. The quantitative estimate of drug-likeness (QED) is 0.507. The molecule has 0 aliphatic carbocycles. The van der Waals surface area contributed by atoms with Gasteiger partial charge in [0.05, 0.1) is 28.6 Å². The lowest BCUT2D eigenvalue weighted by Crippen LogP contribution is -2.53. The number of aryl methyl sites for hydroxylation is 1. The van der Waals surface area contributed by atoms with Gasteiger partial charge in [-0.2, -0.15) is 0 Å². The molecule has 0 fully saturated rings. The van der Waals surface area contributed by atoms with Crippen LogP contribution in [0.5, 0.6) is 5.75 Å². The van der Waals surface area contributed by atoms with Gasteiger partial charge < -0.3 is 15.0 Å². The van der Waals surface area contributed by atoms with Crippen molar-refractivity contribution in [2.75, 3.05) is 0 Å². The van der Waals surface area contributed by atoms with Crippen LogP contribution >= 0.6 is 0 Å². The second kappa shape index (κ2) is 6.74. The molecule has 4 heterocycles. The van der Waals surface area contributed by atoms with E-state index in [2.05, 4.69) is 49.1 Å². The lowest BCUT2D eigenvalue weighted by molar-refractivity contribution is 0.297. The standard InChI is InChI=1S/C24H26N6O2/c1-23(2)10-14(11-24(3,4)28-23)17-6-7-30-12-19(27-22(30)26-17)15-8-18-16(9-20(15)31)21(32)29(5)13-25-18/h6-10,12-13,28,31H,11H2,1-5H3. The van der Waals surface area contributed by atoms with E-state index < -0.39 is 0 Å². The predicted octanol–water partition coefficient (Wildman–Crippen LogP) is 3.28. The molecule has 0 bridgehead atoms. The van der Waals surface area contributed by atoms with Crippen LogP contribution in [0.25, 0.3) is 33.5 Å². The summed E-state index contributed by atoms with van der Waals surface area (Å²) < 4.78 is 3.22. The Balaban J connectivity index is 1.60. The van der Waals surface area contributed by atoms with E-state index in [1.807, 2.05) is 22.9 Å². The number of nitrogens with zero attached hydrogens (tertiary/aromatic N) is 5. The van der Waals surface area contributed by atoms with Crippen LogP contribution < -0.4 is 10.9 Å². The van der Waals surface area contributed by atoms with Crippen molar-refractivity contribution in [1.29, 1.82) is 0 Å². The maximum Gasteiger partial charge on any atom is 0.261 e. The van der Waals surface area contributed by atoms with Crippen molar-refractivity contribution in [1.82, 2.24) is 29.2 Å². The van der Waals surface area contributed by atoms with Gasteiger partial charge in [-0.1, -0.05) is 6.08 Å². The normalized spacial score (nSPS) is 17.6. The highest BCUT2D eigenvalue weighted by molar-refractivity contribution is 5.86. The number of rotatable bonds is 2. The Bertz CT molecular complexity index is 1480. The van der Waals surface area contributed by atoms with Crippen molar-refractivity contribution in [2.45, 2.75) is 45.2 Å². The molecule has 1 aliphatic rings. The summed E-state index contributed by atoms with van der Waals surface area (Å²) in [6.45, 7) is 8.70. The van der Waals surface area contributed by atoms with Crippen molar-refractivity contribution in [2.24, 2.45) is 7.05 Å². The molecular weight excluding hydrogens is 404 g/mol. The molecule has 0 saturated carbocycles. The highest BCUT2D eigenvalue weighted by Crippen LogP contribution is 2.34. The molecule has 0 unspecified atom stereocenters. The first kappa shape index (κ1) is 20.4. The second-order valence-corrected chi connectivity index (χ2v) is 9.77. The summed E-state index contributed by atoms with van der Waals surface area (Å²) in [6, 6.07) is 5.13. The van der Waals surface area contributed by atoms with Gasteiger partial charge in [-0.15, -0.1) is 0 Å². The van der Waals surface area contributed by atoms with Crippen LogP contribution in [0.2, 0.25) is 0 Å². The number of phenols is 1. The summed E-state index contributed by atoms with van der Waals surface area (Å²) in [5.74, 6) is 0.528. The molecule has 4 aromatic rings. The highest BCUT2D eigenvalue weighted by atomic mass is 16.3. The van der Waals surface area contributed by atoms with Gasteiger partial charge in [0, 0.05) is 36.1 Å². The first-order valence-electron chi connectivity index (χ1n) is 10.6. The van der Waals surface area contributed by atoms with E-state index in [0.717, 1.165) is 12.1 Å². The maximum atomic E-state index is 12.3. The van der Waals surface area contributed by atoms with E-state index in [9.17, 15) is 9.90 Å². The molecule has 8 heteroatoms. The number of phenolic OH excluding ortho intramolecular Hbond substituents is 1. The fraction of sp³-hybridized carbons (Fsp3) is 0.333. The number of benzene rings is 1.